The van der Waals surface area contributed by atoms with E-state index in [9.17, 15) is 23.3 Å². The Kier molecular flexibility index (Phi) is 8.06. The van der Waals surface area contributed by atoms with Gasteiger partial charge < -0.3 is 10.1 Å². The molecule has 0 saturated heterocycles. The molecule has 186 valence electrons. The third-order valence-corrected chi connectivity index (χ3v) is 8.73. The Morgan fingerprint density at radius 2 is 1.86 bits per heavy atom. The normalized spacial score (nSPS) is 12.9. The lowest BCUT2D eigenvalue weighted by Crippen LogP contribution is -2.24. The number of thiophene rings is 1. The summed E-state index contributed by atoms with van der Waals surface area (Å²) in [6.07, 6.45) is 3.73. The number of carbonyl (C=O) groups excluding carboxylic acids is 2. The second-order valence-electron chi connectivity index (χ2n) is 8.11. The minimum absolute atomic E-state index is 0.0468. The van der Waals surface area contributed by atoms with Crippen molar-refractivity contribution in [2.45, 2.75) is 37.1 Å². The number of hydrogen-bond acceptors (Lipinski definition) is 7. The lowest BCUT2D eigenvalue weighted by Gasteiger charge is -2.11. The smallest absolute Gasteiger partial charge is 0.338 e. The Bertz CT molecular complexity index is 1450. The van der Waals surface area contributed by atoms with Gasteiger partial charge >= 0.3 is 5.97 Å². The molecule has 0 atom stereocenters. The van der Waals surface area contributed by atoms with Gasteiger partial charge in [0.05, 0.1) is 16.1 Å². The van der Waals surface area contributed by atoms with E-state index >= 15 is 0 Å². The van der Waals surface area contributed by atoms with Crippen LogP contribution in [0.25, 0.3) is 0 Å². The van der Waals surface area contributed by atoms with E-state index < -0.39 is 28.5 Å². The number of fused-ring (bicyclic) bond motifs is 1. The molecule has 1 amide bonds. The molecule has 0 bridgehead atoms. The Morgan fingerprint density at radius 1 is 1.11 bits per heavy atom. The summed E-state index contributed by atoms with van der Waals surface area (Å²) in [6.45, 7) is -0.547. The van der Waals surface area contributed by atoms with Crippen molar-refractivity contribution in [3.63, 3.8) is 0 Å². The third kappa shape index (κ3) is 5.94. The van der Waals surface area contributed by atoms with E-state index in [-0.39, 0.29) is 22.0 Å². The van der Waals surface area contributed by atoms with Crippen LogP contribution in [0.4, 0.5) is 5.00 Å². The Morgan fingerprint density at radius 3 is 2.61 bits per heavy atom. The fourth-order valence-corrected chi connectivity index (χ4v) is 6.63. The van der Waals surface area contributed by atoms with E-state index in [2.05, 4.69) is 16.1 Å². The number of nitriles is 1. The van der Waals surface area contributed by atoms with Crippen LogP contribution in [-0.4, -0.2) is 26.9 Å². The number of hydrogen-bond donors (Lipinski definition) is 2. The summed E-state index contributed by atoms with van der Waals surface area (Å²) in [5.41, 5.74) is 2.13. The van der Waals surface area contributed by atoms with Gasteiger partial charge in [-0.2, -0.15) is 5.26 Å². The number of ether oxygens (including phenoxy) is 1. The van der Waals surface area contributed by atoms with Crippen molar-refractivity contribution in [2.24, 2.45) is 0 Å². The number of nitrogens with one attached hydrogen (secondary N) is 2. The molecule has 0 unspecified atom stereocenters. The summed E-state index contributed by atoms with van der Waals surface area (Å²) in [6, 6.07) is 14.8. The van der Waals surface area contributed by atoms with Gasteiger partial charge in [0.25, 0.3) is 5.91 Å². The molecule has 0 saturated carbocycles. The second kappa shape index (κ2) is 11.2. The van der Waals surface area contributed by atoms with Crippen LogP contribution in [0.15, 0.2) is 53.4 Å². The van der Waals surface area contributed by atoms with Crippen molar-refractivity contribution in [1.29, 1.82) is 5.26 Å². The topological polar surface area (TPSA) is 125 Å². The maximum absolute atomic E-state index is 12.8. The quantitative estimate of drug-likeness (QED) is 0.405. The van der Waals surface area contributed by atoms with Crippen LogP contribution >= 0.6 is 22.9 Å². The van der Waals surface area contributed by atoms with Crippen molar-refractivity contribution in [2.75, 3.05) is 11.9 Å². The number of nitrogens with zero attached hydrogens (tertiary/aromatic N) is 1. The van der Waals surface area contributed by atoms with Gasteiger partial charge in [-0.15, -0.1) is 11.3 Å². The minimum atomic E-state index is -4.02. The zero-order valence-electron chi connectivity index (χ0n) is 19.0. The van der Waals surface area contributed by atoms with Crippen LogP contribution in [-0.2, 0) is 38.9 Å². The molecular weight excluding hydrogens is 522 g/mol. The second-order valence-corrected chi connectivity index (χ2v) is 11.4. The summed E-state index contributed by atoms with van der Waals surface area (Å²) in [4.78, 5) is 25.8. The van der Waals surface area contributed by atoms with Crippen LogP contribution in [0.1, 0.15) is 44.8 Å². The highest BCUT2D eigenvalue weighted by molar-refractivity contribution is 7.89. The average Bonchev–Trinajstić information content (AvgIpc) is 3.23. The molecule has 0 aliphatic heterocycles. The monoisotopic (exact) mass is 543 g/mol. The Balaban J connectivity index is 1.40. The van der Waals surface area contributed by atoms with E-state index in [0.717, 1.165) is 47.8 Å². The predicted molar refractivity (Wildman–Crippen MR) is 137 cm³/mol. The summed E-state index contributed by atoms with van der Waals surface area (Å²) in [5, 5.41) is 12.6. The zero-order chi connectivity index (χ0) is 25.7. The summed E-state index contributed by atoms with van der Waals surface area (Å²) < 4.78 is 33.1. The molecule has 1 heterocycles. The minimum Gasteiger partial charge on any atom is -0.452 e. The number of halogens is 1. The van der Waals surface area contributed by atoms with E-state index in [4.69, 9.17) is 16.3 Å². The molecule has 0 fully saturated rings. The van der Waals surface area contributed by atoms with Gasteiger partial charge in [-0.05, 0) is 55.0 Å². The number of amides is 1. The van der Waals surface area contributed by atoms with Crippen LogP contribution in [0.5, 0.6) is 0 Å². The molecule has 1 aliphatic carbocycles. The van der Waals surface area contributed by atoms with Crippen LogP contribution < -0.4 is 10.0 Å². The number of benzene rings is 2. The van der Waals surface area contributed by atoms with E-state index in [1.165, 1.54) is 23.5 Å². The highest BCUT2D eigenvalue weighted by Gasteiger charge is 2.23. The van der Waals surface area contributed by atoms with E-state index in [1.807, 2.05) is 6.07 Å². The van der Waals surface area contributed by atoms with Gasteiger partial charge in [-0.3, -0.25) is 4.79 Å². The fraction of sp³-hybridized carbons (Fsp3) is 0.240. The van der Waals surface area contributed by atoms with Gasteiger partial charge in [0.15, 0.2) is 6.61 Å². The molecule has 36 heavy (non-hydrogen) atoms. The van der Waals surface area contributed by atoms with Crippen molar-refractivity contribution < 1.29 is 22.7 Å². The lowest BCUT2D eigenvalue weighted by atomic mass is 9.96. The van der Waals surface area contributed by atoms with Crippen molar-refractivity contribution in [1.82, 2.24) is 4.72 Å². The van der Waals surface area contributed by atoms with Gasteiger partial charge in [0.2, 0.25) is 10.0 Å². The molecule has 0 radical (unpaired) electrons. The van der Waals surface area contributed by atoms with E-state index in [0.29, 0.717) is 10.6 Å². The van der Waals surface area contributed by atoms with Gasteiger partial charge in [0.1, 0.15) is 16.0 Å². The van der Waals surface area contributed by atoms with Gasteiger partial charge in [-0.25, -0.2) is 17.9 Å². The number of rotatable bonds is 8. The molecule has 2 aromatic carbocycles. The SMILES string of the molecule is N#Cc1c(NC(=O)COC(=O)c2ccc(Cl)c(S(=O)(=O)NCc3ccccc3)c2)sc2c1CCCC2. The first kappa shape index (κ1) is 25.9. The maximum atomic E-state index is 12.8. The molecule has 1 aromatic heterocycles. The first-order valence-corrected chi connectivity index (χ1v) is 13.8. The van der Waals surface area contributed by atoms with Crippen molar-refractivity contribution in [3.8, 4) is 6.07 Å². The molecule has 8 nitrogen and oxygen atoms in total. The zero-order valence-corrected chi connectivity index (χ0v) is 21.4. The number of carbonyl (C=O) groups is 2. The Hall–Kier alpha value is -3.23. The van der Waals surface area contributed by atoms with Crippen molar-refractivity contribution >= 4 is 49.8 Å². The number of sulfonamides is 1. The maximum Gasteiger partial charge on any atom is 0.338 e. The van der Waals surface area contributed by atoms with Gasteiger partial charge in [-0.1, -0.05) is 41.9 Å². The lowest BCUT2D eigenvalue weighted by molar-refractivity contribution is -0.119. The molecule has 4 rings (SSSR count). The Labute approximate surface area is 217 Å². The first-order valence-electron chi connectivity index (χ1n) is 11.1. The van der Waals surface area contributed by atoms with Crippen molar-refractivity contribution in [3.05, 3.63) is 80.7 Å². The summed E-state index contributed by atoms with van der Waals surface area (Å²) >= 11 is 7.47. The number of anilines is 1. The predicted octanol–water partition coefficient (Wildman–Crippen LogP) is 4.43. The summed E-state index contributed by atoms with van der Waals surface area (Å²) in [5.74, 6) is -1.47. The van der Waals surface area contributed by atoms with E-state index in [1.54, 1.807) is 24.3 Å². The molecule has 3 aromatic rings. The molecule has 1 aliphatic rings. The fourth-order valence-electron chi connectivity index (χ4n) is 3.84. The molecule has 0 spiro atoms. The summed E-state index contributed by atoms with van der Waals surface area (Å²) in [7, 11) is -4.02. The molecular formula is C25H22ClN3O5S2. The number of aryl methyl sites for hydroxylation is 1. The highest BCUT2D eigenvalue weighted by Crippen LogP contribution is 2.37. The number of esters is 1. The molecule has 11 heteroatoms. The van der Waals surface area contributed by atoms with Gasteiger partial charge in [0, 0.05) is 11.4 Å². The standard InChI is InChI=1S/C25H22ClN3O5S2/c26-20-11-10-17(12-22(20)36(32,33)28-14-16-6-2-1-3-7-16)25(31)34-15-23(30)29-24-19(13-27)18-8-4-5-9-21(18)35-24/h1-3,6-7,10-12,28H,4-5,8-9,14-15H2,(H,29,30). The largest absolute Gasteiger partial charge is 0.452 e. The van der Waals surface area contributed by atoms with Crippen LogP contribution in [0.3, 0.4) is 0 Å². The first-order chi connectivity index (χ1) is 17.3. The average molecular weight is 544 g/mol. The molecule has 2 N–H and O–H groups in total. The van der Waals surface area contributed by atoms with Crippen LogP contribution in [0.2, 0.25) is 5.02 Å². The highest BCUT2D eigenvalue weighted by atomic mass is 35.5. The van der Waals surface area contributed by atoms with Crippen LogP contribution in [0, 0.1) is 11.3 Å². The third-order valence-electron chi connectivity index (χ3n) is 5.64.